The number of rotatable bonds is 5. The molecule has 30 heavy (non-hydrogen) atoms. The first kappa shape index (κ1) is 20.7. The smallest absolute Gasteiger partial charge is 0.341 e. The number of amides is 1. The van der Waals surface area contributed by atoms with E-state index in [1.807, 2.05) is 0 Å². The second-order valence-corrected chi connectivity index (χ2v) is 7.90. The highest BCUT2D eigenvalue weighted by atomic mass is 19.4. The fraction of sp³-hybridized carbons (Fsp3) is 0.632. The summed E-state index contributed by atoms with van der Waals surface area (Å²) in [6.07, 6.45) is 2.12. The van der Waals surface area contributed by atoms with Gasteiger partial charge in [0.15, 0.2) is 5.69 Å². The van der Waals surface area contributed by atoms with Crippen LogP contribution in [0, 0.1) is 11.8 Å². The maximum atomic E-state index is 13.3. The van der Waals surface area contributed by atoms with Crippen molar-refractivity contribution in [2.45, 2.75) is 38.4 Å². The Morgan fingerprint density at radius 2 is 2.10 bits per heavy atom. The summed E-state index contributed by atoms with van der Waals surface area (Å²) in [6.45, 7) is 2.51. The van der Waals surface area contributed by atoms with Crippen LogP contribution in [-0.4, -0.2) is 53.2 Å². The molecule has 2 aliphatic rings. The summed E-state index contributed by atoms with van der Waals surface area (Å²) >= 11 is 0. The fourth-order valence-electron chi connectivity index (χ4n) is 4.14. The Kier molecular flexibility index (Phi) is 5.98. The number of aromatic nitrogens is 3. The summed E-state index contributed by atoms with van der Waals surface area (Å²) in [5.41, 5.74) is 0.548. The van der Waals surface area contributed by atoms with Crippen LogP contribution in [0.2, 0.25) is 0 Å². The maximum absolute atomic E-state index is 13.3. The van der Waals surface area contributed by atoms with Crippen LogP contribution in [0.1, 0.15) is 36.2 Å². The van der Waals surface area contributed by atoms with Crippen molar-refractivity contribution in [3.05, 3.63) is 24.2 Å². The van der Waals surface area contributed by atoms with Gasteiger partial charge in [0, 0.05) is 44.4 Å². The molecule has 0 saturated carbocycles. The molecule has 11 heteroatoms. The van der Waals surface area contributed by atoms with E-state index in [0.29, 0.717) is 18.1 Å². The molecule has 0 spiro atoms. The minimum atomic E-state index is -4.23. The van der Waals surface area contributed by atoms with Crippen LogP contribution in [0.25, 0.3) is 0 Å². The SMILES string of the molecule is O=C(Nc1cnn(CC2CNCCC2C(F)(F)F)c1)c1cc(N2CCCCC2)on1. The number of hydrogen-bond donors (Lipinski definition) is 2. The molecule has 2 saturated heterocycles. The lowest BCUT2D eigenvalue weighted by Gasteiger charge is -2.33. The molecule has 2 fully saturated rings. The van der Waals surface area contributed by atoms with Gasteiger partial charge in [-0.1, -0.05) is 5.16 Å². The third-order valence-electron chi connectivity index (χ3n) is 5.74. The summed E-state index contributed by atoms with van der Waals surface area (Å²) in [4.78, 5) is 14.5. The van der Waals surface area contributed by atoms with Gasteiger partial charge in [-0.2, -0.15) is 18.3 Å². The average molecular weight is 426 g/mol. The zero-order valence-corrected chi connectivity index (χ0v) is 16.5. The quantitative estimate of drug-likeness (QED) is 0.765. The third kappa shape index (κ3) is 4.77. The number of carbonyl (C=O) groups is 1. The van der Waals surface area contributed by atoms with Gasteiger partial charge in [-0.15, -0.1) is 0 Å². The monoisotopic (exact) mass is 426 g/mol. The van der Waals surface area contributed by atoms with E-state index in [9.17, 15) is 18.0 Å². The van der Waals surface area contributed by atoms with Crippen LogP contribution in [0.4, 0.5) is 24.7 Å². The molecule has 4 rings (SSSR count). The van der Waals surface area contributed by atoms with Crippen molar-refractivity contribution in [1.29, 1.82) is 0 Å². The summed E-state index contributed by atoms with van der Waals surface area (Å²) in [5.74, 6) is -1.85. The number of alkyl halides is 3. The summed E-state index contributed by atoms with van der Waals surface area (Å²) in [5, 5.41) is 13.6. The maximum Gasteiger partial charge on any atom is 0.392 e. The predicted octanol–water partition coefficient (Wildman–Crippen LogP) is 2.90. The molecule has 2 aromatic heterocycles. The molecule has 0 bridgehead atoms. The van der Waals surface area contributed by atoms with Gasteiger partial charge in [-0.25, -0.2) is 0 Å². The summed E-state index contributed by atoms with van der Waals surface area (Å²) in [7, 11) is 0. The van der Waals surface area contributed by atoms with E-state index in [4.69, 9.17) is 4.52 Å². The van der Waals surface area contributed by atoms with E-state index < -0.39 is 23.9 Å². The van der Waals surface area contributed by atoms with Gasteiger partial charge in [0.25, 0.3) is 5.91 Å². The molecule has 0 aliphatic carbocycles. The Bertz CT molecular complexity index is 859. The van der Waals surface area contributed by atoms with Crippen LogP contribution in [0.15, 0.2) is 23.0 Å². The van der Waals surface area contributed by atoms with E-state index in [1.165, 1.54) is 23.5 Å². The standard InChI is InChI=1S/C19H25F3N6O2/c20-19(21,22)15-4-5-23-9-13(15)11-28-12-14(10-24-28)25-18(29)16-8-17(30-26-16)27-6-2-1-3-7-27/h8,10,12-13,15,23H,1-7,9,11H2,(H,25,29). The van der Waals surface area contributed by atoms with E-state index in [1.54, 1.807) is 6.07 Å². The van der Waals surface area contributed by atoms with E-state index >= 15 is 0 Å². The molecule has 1 amide bonds. The minimum absolute atomic E-state index is 0.0601. The number of hydrogen-bond acceptors (Lipinski definition) is 6. The second kappa shape index (κ2) is 8.66. The van der Waals surface area contributed by atoms with Crippen LogP contribution >= 0.6 is 0 Å². The predicted molar refractivity (Wildman–Crippen MR) is 103 cm³/mol. The third-order valence-corrected chi connectivity index (χ3v) is 5.74. The molecule has 0 radical (unpaired) electrons. The number of nitrogens with one attached hydrogen (secondary N) is 2. The van der Waals surface area contributed by atoms with Crippen LogP contribution < -0.4 is 15.5 Å². The Hall–Kier alpha value is -2.56. The number of carbonyl (C=O) groups excluding carboxylic acids is 1. The molecular weight excluding hydrogens is 401 g/mol. The Morgan fingerprint density at radius 3 is 2.87 bits per heavy atom. The molecule has 164 valence electrons. The van der Waals surface area contributed by atoms with Crippen LogP contribution in [-0.2, 0) is 6.54 Å². The van der Waals surface area contributed by atoms with E-state index in [-0.39, 0.29) is 25.2 Å². The molecule has 2 aromatic rings. The van der Waals surface area contributed by atoms with E-state index in [2.05, 4.69) is 25.8 Å². The van der Waals surface area contributed by atoms with Crippen molar-refractivity contribution in [2.75, 3.05) is 36.4 Å². The first-order valence-electron chi connectivity index (χ1n) is 10.2. The number of nitrogens with zero attached hydrogens (tertiary/aromatic N) is 4. The van der Waals surface area contributed by atoms with Crippen molar-refractivity contribution in [3.8, 4) is 0 Å². The molecule has 2 unspecified atom stereocenters. The Morgan fingerprint density at radius 1 is 1.30 bits per heavy atom. The number of piperidine rings is 2. The van der Waals surface area contributed by atoms with Crippen molar-refractivity contribution >= 4 is 17.5 Å². The number of halogens is 3. The fourth-order valence-corrected chi connectivity index (χ4v) is 4.14. The lowest BCUT2D eigenvalue weighted by molar-refractivity contribution is -0.195. The van der Waals surface area contributed by atoms with Crippen molar-refractivity contribution in [3.63, 3.8) is 0 Å². The van der Waals surface area contributed by atoms with Gasteiger partial charge < -0.3 is 20.1 Å². The Balaban J connectivity index is 1.36. The van der Waals surface area contributed by atoms with Gasteiger partial charge in [0.1, 0.15) is 0 Å². The molecule has 2 N–H and O–H groups in total. The molecule has 8 nitrogen and oxygen atoms in total. The average Bonchev–Trinajstić information content (AvgIpc) is 3.38. The largest absolute Gasteiger partial charge is 0.392 e. The first-order chi connectivity index (χ1) is 14.4. The van der Waals surface area contributed by atoms with E-state index in [0.717, 1.165) is 25.9 Å². The highest BCUT2D eigenvalue weighted by Crippen LogP contribution is 2.36. The lowest BCUT2D eigenvalue weighted by Crippen LogP contribution is -2.45. The minimum Gasteiger partial charge on any atom is -0.341 e. The zero-order chi connectivity index (χ0) is 21.1. The van der Waals surface area contributed by atoms with Gasteiger partial charge in [0.05, 0.1) is 17.8 Å². The zero-order valence-electron chi connectivity index (χ0n) is 16.5. The first-order valence-corrected chi connectivity index (χ1v) is 10.2. The lowest BCUT2D eigenvalue weighted by atomic mass is 9.86. The molecule has 2 aliphatic heterocycles. The normalized spacial score (nSPS) is 22.8. The Labute approximate surface area is 171 Å². The molecule has 4 heterocycles. The highest BCUT2D eigenvalue weighted by molar-refractivity contribution is 6.03. The van der Waals surface area contributed by atoms with Gasteiger partial charge in [-0.3, -0.25) is 9.48 Å². The van der Waals surface area contributed by atoms with Crippen LogP contribution in [0.3, 0.4) is 0 Å². The summed E-state index contributed by atoms with van der Waals surface area (Å²) in [6, 6.07) is 1.60. The highest BCUT2D eigenvalue weighted by Gasteiger charge is 2.45. The molecule has 0 aromatic carbocycles. The summed E-state index contributed by atoms with van der Waals surface area (Å²) < 4.78 is 46.5. The van der Waals surface area contributed by atoms with Crippen molar-refractivity contribution in [1.82, 2.24) is 20.3 Å². The van der Waals surface area contributed by atoms with Gasteiger partial charge in [-0.05, 0) is 32.2 Å². The molecular formula is C19H25F3N6O2. The van der Waals surface area contributed by atoms with Crippen LogP contribution in [0.5, 0.6) is 0 Å². The molecule has 2 atom stereocenters. The second-order valence-electron chi connectivity index (χ2n) is 7.90. The topological polar surface area (TPSA) is 88.2 Å². The van der Waals surface area contributed by atoms with Crippen molar-refractivity contribution in [2.24, 2.45) is 11.8 Å². The number of anilines is 2. The van der Waals surface area contributed by atoms with Gasteiger partial charge in [0.2, 0.25) is 5.88 Å². The van der Waals surface area contributed by atoms with Gasteiger partial charge >= 0.3 is 6.18 Å². The van der Waals surface area contributed by atoms with Crippen molar-refractivity contribution < 1.29 is 22.5 Å².